The van der Waals surface area contributed by atoms with Crippen molar-refractivity contribution < 1.29 is 18.9 Å². The fourth-order valence-electron chi connectivity index (χ4n) is 7.88. The van der Waals surface area contributed by atoms with Crippen molar-refractivity contribution in [2.45, 2.75) is 0 Å². The van der Waals surface area contributed by atoms with Gasteiger partial charge in [-0.3, -0.25) is 0 Å². The van der Waals surface area contributed by atoms with Gasteiger partial charge in [-0.15, -0.1) is 0 Å². The number of nitrogens with zero attached hydrogens (tertiary/aromatic N) is 2. The highest BCUT2D eigenvalue weighted by molar-refractivity contribution is 6.42. The molecule has 3 aromatic heterocycles. The number of aromatic amines is 2. The molecule has 5 heterocycles. The van der Waals surface area contributed by atoms with Crippen LogP contribution in [-0.4, -0.2) is 48.4 Å². The molecule has 0 saturated carbocycles. The normalized spacial score (nSPS) is 11.9. The summed E-state index contributed by atoms with van der Waals surface area (Å²) in [5, 5.41) is 2.56. The average molecular weight is 1010 g/mol. The van der Waals surface area contributed by atoms with Gasteiger partial charge in [0.25, 0.3) is 0 Å². The molecule has 7 aromatic rings. The molecule has 16 heteroatoms. The number of halogens is 8. The minimum Gasteiger partial charge on any atom is -0.497 e. The third-order valence-corrected chi connectivity index (χ3v) is 13.1. The summed E-state index contributed by atoms with van der Waals surface area (Å²) in [5.41, 5.74) is 8.69. The number of aromatic nitrogens is 4. The van der Waals surface area contributed by atoms with Gasteiger partial charge < -0.3 is 28.9 Å². The van der Waals surface area contributed by atoms with Gasteiger partial charge in [0, 0.05) is 66.6 Å². The molecule has 0 amide bonds. The molecule has 64 heavy (non-hydrogen) atoms. The van der Waals surface area contributed by atoms with Crippen LogP contribution >= 0.6 is 92.8 Å². The molecule has 8 bridgehead atoms. The molecular weight excluding hydrogens is 980 g/mol. The SMILES string of the molecule is COc1cc(Cl)c(-c2c3nc(c(-c4c(Cl)cc(OC)cc4Cl)c4ccc([nH]4)c(-c4c(Cl)cc(OC)cc4Cl)c4nc(c(-c5c(Cl)cc(OC)cc5Cl)c5ccc2[nH]5)C=C4)C=C3)c(Cl)c1. The lowest BCUT2D eigenvalue weighted by atomic mass is 10.0. The fourth-order valence-corrected chi connectivity index (χ4v) is 10.5. The molecule has 4 aromatic carbocycles. The molecule has 0 fully saturated rings. The van der Waals surface area contributed by atoms with E-state index in [9.17, 15) is 0 Å². The Bertz CT molecular complexity index is 2820. The highest BCUT2D eigenvalue weighted by Crippen LogP contribution is 2.48. The fraction of sp³-hybridized carbons (Fsp3) is 0.0833. The maximum absolute atomic E-state index is 7.09. The summed E-state index contributed by atoms with van der Waals surface area (Å²) in [6.45, 7) is 0. The third-order valence-electron chi connectivity index (χ3n) is 10.8. The second-order valence-corrected chi connectivity index (χ2v) is 17.6. The number of ether oxygens (including phenoxy) is 4. The molecule has 0 aliphatic carbocycles. The van der Waals surface area contributed by atoms with Crippen molar-refractivity contribution in [1.29, 1.82) is 0 Å². The standard InChI is InChI=1S/C48H30Cl8N4O4/c1-61-21-13-25(49)41(26(50)14-21)45-33-5-7-35(57-33)46(42-27(51)15-22(62-2)16-28(42)52)37-9-11-39(59-37)48(44-31(55)19-24(64-4)20-32(44)56)40-12-10-38(60-40)47(36-8-6-34(45)58-36)43-29(53)17-23(63-3)18-30(43)54/h5-20,57,60H,1-4H3. The van der Waals surface area contributed by atoms with Gasteiger partial charge in [-0.1, -0.05) is 92.8 Å². The van der Waals surface area contributed by atoms with Gasteiger partial charge in [-0.05, 0) is 97.1 Å². The van der Waals surface area contributed by atoms with Gasteiger partial charge in [-0.2, -0.15) is 0 Å². The predicted molar refractivity (Wildman–Crippen MR) is 267 cm³/mol. The monoisotopic (exact) mass is 1010 g/mol. The molecule has 2 aliphatic rings. The first kappa shape index (κ1) is 44.2. The van der Waals surface area contributed by atoms with Crippen molar-refractivity contribution in [3.63, 3.8) is 0 Å². The van der Waals surface area contributed by atoms with E-state index in [4.69, 9.17) is 122 Å². The molecule has 0 atom stereocenters. The van der Waals surface area contributed by atoms with Gasteiger partial charge in [0.05, 0.1) is 91.4 Å². The van der Waals surface area contributed by atoms with Crippen molar-refractivity contribution in [3.8, 4) is 67.5 Å². The number of benzene rings is 4. The van der Waals surface area contributed by atoms with Gasteiger partial charge in [-0.25, -0.2) is 9.97 Å². The van der Waals surface area contributed by atoms with Crippen molar-refractivity contribution in [1.82, 2.24) is 19.9 Å². The zero-order valence-corrected chi connectivity index (χ0v) is 39.8. The Hall–Kier alpha value is -5.00. The molecule has 322 valence electrons. The number of rotatable bonds is 8. The van der Waals surface area contributed by atoms with Gasteiger partial charge in [0.1, 0.15) is 23.0 Å². The highest BCUT2D eigenvalue weighted by Gasteiger charge is 2.26. The van der Waals surface area contributed by atoms with E-state index in [-0.39, 0.29) is 0 Å². The first-order chi connectivity index (χ1) is 30.8. The maximum atomic E-state index is 7.09. The van der Waals surface area contributed by atoms with Crippen LogP contribution in [0.5, 0.6) is 23.0 Å². The maximum Gasteiger partial charge on any atom is 0.121 e. The first-order valence-corrected chi connectivity index (χ1v) is 22.1. The van der Waals surface area contributed by atoms with Gasteiger partial charge >= 0.3 is 0 Å². The van der Waals surface area contributed by atoms with Crippen molar-refractivity contribution in [3.05, 3.63) is 136 Å². The van der Waals surface area contributed by atoms with Crippen LogP contribution in [0.25, 0.3) is 90.9 Å². The lowest BCUT2D eigenvalue weighted by molar-refractivity contribution is 0.415. The zero-order chi connectivity index (χ0) is 45.1. The Morgan fingerprint density at radius 1 is 0.312 bits per heavy atom. The van der Waals surface area contributed by atoms with E-state index < -0.39 is 0 Å². The number of fused-ring (bicyclic) bond motifs is 8. The van der Waals surface area contributed by atoms with E-state index in [0.717, 1.165) is 0 Å². The number of nitrogens with one attached hydrogen (secondary N) is 2. The quantitative estimate of drug-likeness (QED) is 0.157. The number of methoxy groups -OCH3 is 4. The minimum atomic E-state index is 0.320. The summed E-state index contributed by atoms with van der Waals surface area (Å²) in [7, 11) is 6.16. The molecule has 0 saturated heterocycles. The smallest absolute Gasteiger partial charge is 0.121 e. The molecule has 0 radical (unpaired) electrons. The topological polar surface area (TPSA) is 94.3 Å². The average Bonchev–Trinajstić information content (AvgIpc) is 4.11. The summed E-state index contributed by atoms with van der Waals surface area (Å²) < 4.78 is 22.1. The molecule has 9 rings (SSSR count). The number of H-pyrrole nitrogens is 2. The van der Waals surface area contributed by atoms with Crippen LogP contribution in [0.4, 0.5) is 0 Å². The Labute approximate surface area is 406 Å². The van der Waals surface area contributed by atoms with Crippen LogP contribution in [0.3, 0.4) is 0 Å². The van der Waals surface area contributed by atoms with Crippen molar-refractivity contribution >= 4 is 139 Å². The van der Waals surface area contributed by atoms with Crippen LogP contribution < -0.4 is 18.9 Å². The van der Waals surface area contributed by atoms with Crippen LogP contribution in [0.2, 0.25) is 40.2 Å². The zero-order valence-electron chi connectivity index (χ0n) is 33.8. The van der Waals surface area contributed by atoms with Crippen LogP contribution in [0.1, 0.15) is 22.8 Å². The van der Waals surface area contributed by atoms with Crippen molar-refractivity contribution in [2.75, 3.05) is 28.4 Å². The minimum absolute atomic E-state index is 0.320. The molecule has 2 N–H and O–H groups in total. The molecule has 0 spiro atoms. The van der Waals surface area contributed by atoms with E-state index in [1.54, 1.807) is 77.0 Å². The summed E-state index contributed by atoms with van der Waals surface area (Å²) >= 11 is 56.8. The van der Waals surface area contributed by atoms with Crippen LogP contribution in [0, 0.1) is 0 Å². The first-order valence-electron chi connectivity index (χ1n) is 19.1. The largest absolute Gasteiger partial charge is 0.497 e. The molecule has 2 aliphatic heterocycles. The molecule has 8 nitrogen and oxygen atoms in total. The summed E-state index contributed by atoms with van der Waals surface area (Å²) in [4.78, 5) is 17.8. The van der Waals surface area contributed by atoms with Gasteiger partial charge in [0.15, 0.2) is 0 Å². The Morgan fingerprint density at radius 3 is 0.672 bits per heavy atom. The van der Waals surface area contributed by atoms with E-state index in [2.05, 4.69) is 9.97 Å². The summed E-state index contributed by atoms with van der Waals surface area (Å²) in [6, 6.07) is 21.1. The predicted octanol–water partition coefficient (Wildman–Crippen LogP) is 16.6. The van der Waals surface area contributed by atoms with Crippen LogP contribution in [0.15, 0.2) is 72.8 Å². The summed E-state index contributed by atoms with van der Waals surface area (Å²) in [6.07, 6.45) is 7.49. The Balaban J connectivity index is 1.53. The number of hydrogen-bond acceptors (Lipinski definition) is 6. The van der Waals surface area contributed by atoms with Crippen LogP contribution in [-0.2, 0) is 0 Å². The summed E-state index contributed by atoms with van der Waals surface area (Å²) in [5.74, 6) is 1.90. The number of hydrogen-bond donors (Lipinski definition) is 2. The molecular formula is C48H30Cl8N4O4. The Kier molecular flexibility index (Phi) is 12.3. The lowest BCUT2D eigenvalue weighted by Crippen LogP contribution is -1.93. The molecule has 0 unspecified atom stereocenters. The highest BCUT2D eigenvalue weighted by atomic mass is 35.5. The second-order valence-electron chi connectivity index (χ2n) is 14.4. The van der Waals surface area contributed by atoms with Gasteiger partial charge in [0.2, 0.25) is 0 Å². The lowest BCUT2D eigenvalue weighted by Gasteiger charge is -2.13. The second kappa shape index (κ2) is 17.8. The van der Waals surface area contributed by atoms with E-state index in [0.29, 0.717) is 153 Å². The van der Waals surface area contributed by atoms with E-state index in [1.807, 2.05) is 48.6 Å². The van der Waals surface area contributed by atoms with E-state index >= 15 is 0 Å². The van der Waals surface area contributed by atoms with E-state index in [1.165, 1.54) is 0 Å². The van der Waals surface area contributed by atoms with Crippen molar-refractivity contribution in [2.24, 2.45) is 0 Å². The third kappa shape index (κ3) is 7.84. The Morgan fingerprint density at radius 2 is 0.500 bits per heavy atom.